The maximum atomic E-state index is 13.0. The molecule has 7 nitrogen and oxygen atoms in total. The number of nitrogens with one attached hydrogen (secondary N) is 1. The Bertz CT molecular complexity index is 1090. The van der Waals surface area contributed by atoms with E-state index in [4.69, 9.17) is 0 Å². The number of nitrogens with zero attached hydrogens (tertiary/aromatic N) is 3. The Morgan fingerprint density at radius 1 is 1.13 bits per heavy atom. The number of carbonyl (C=O) groups is 2. The van der Waals surface area contributed by atoms with Gasteiger partial charge in [0, 0.05) is 24.8 Å². The van der Waals surface area contributed by atoms with E-state index in [9.17, 15) is 19.1 Å². The highest BCUT2D eigenvalue weighted by Crippen LogP contribution is 2.32. The van der Waals surface area contributed by atoms with E-state index < -0.39 is 11.8 Å². The molecule has 3 aromatic rings. The molecule has 1 unspecified atom stereocenters. The van der Waals surface area contributed by atoms with Crippen LogP contribution in [0, 0.1) is 5.82 Å². The van der Waals surface area contributed by atoms with E-state index >= 15 is 0 Å². The van der Waals surface area contributed by atoms with Gasteiger partial charge in [-0.15, -0.1) is 0 Å². The van der Waals surface area contributed by atoms with Crippen molar-refractivity contribution in [1.29, 1.82) is 0 Å². The summed E-state index contributed by atoms with van der Waals surface area (Å²) in [5.41, 5.74) is 1.23. The first-order valence-electron chi connectivity index (χ1n) is 9.97. The predicted octanol–water partition coefficient (Wildman–Crippen LogP) is 3.23. The van der Waals surface area contributed by atoms with Gasteiger partial charge >= 0.3 is 0 Å². The summed E-state index contributed by atoms with van der Waals surface area (Å²) in [6.07, 6.45) is 2.74. The van der Waals surface area contributed by atoms with E-state index in [1.54, 1.807) is 41.3 Å². The topological polar surface area (TPSA) is 95.4 Å². The average Bonchev–Trinajstić information content (AvgIpc) is 3.28. The van der Waals surface area contributed by atoms with Crippen LogP contribution in [0.25, 0.3) is 0 Å². The van der Waals surface area contributed by atoms with Crippen molar-refractivity contribution in [2.75, 3.05) is 6.54 Å². The summed E-state index contributed by atoms with van der Waals surface area (Å²) in [4.78, 5) is 35.3. The van der Waals surface area contributed by atoms with E-state index in [1.807, 2.05) is 6.07 Å². The minimum absolute atomic E-state index is 0.0650. The van der Waals surface area contributed by atoms with Crippen LogP contribution in [-0.2, 0) is 6.54 Å². The van der Waals surface area contributed by atoms with Crippen molar-refractivity contribution in [2.24, 2.45) is 0 Å². The van der Waals surface area contributed by atoms with Crippen LogP contribution in [0.1, 0.15) is 51.0 Å². The van der Waals surface area contributed by atoms with Gasteiger partial charge in [0.2, 0.25) is 5.88 Å². The summed E-state index contributed by atoms with van der Waals surface area (Å²) >= 11 is 0. The lowest BCUT2D eigenvalue weighted by atomic mass is 10.1. The molecule has 31 heavy (non-hydrogen) atoms. The third kappa shape index (κ3) is 4.53. The van der Waals surface area contributed by atoms with Gasteiger partial charge in [0.05, 0.1) is 6.04 Å². The van der Waals surface area contributed by atoms with Gasteiger partial charge in [-0.1, -0.05) is 30.3 Å². The summed E-state index contributed by atoms with van der Waals surface area (Å²) in [7, 11) is 0. The third-order valence-electron chi connectivity index (χ3n) is 5.23. The Hall–Kier alpha value is -3.81. The highest BCUT2D eigenvalue weighted by atomic mass is 19.1. The van der Waals surface area contributed by atoms with Gasteiger partial charge in [-0.05, 0) is 42.7 Å². The zero-order chi connectivity index (χ0) is 21.8. The van der Waals surface area contributed by atoms with Crippen molar-refractivity contribution < 1.29 is 19.1 Å². The van der Waals surface area contributed by atoms with Gasteiger partial charge in [-0.3, -0.25) is 9.59 Å². The lowest BCUT2D eigenvalue weighted by Crippen LogP contribution is -2.31. The molecule has 4 rings (SSSR count). The van der Waals surface area contributed by atoms with Gasteiger partial charge < -0.3 is 15.3 Å². The lowest BCUT2D eigenvalue weighted by Gasteiger charge is -2.24. The number of carbonyl (C=O) groups excluding carboxylic acids is 2. The highest BCUT2D eigenvalue weighted by molar-refractivity contribution is 5.96. The maximum absolute atomic E-state index is 13.0. The fourth-order valence-corrected chi connectivity index (χ4v) is 3.61. The minimum atomic E-state index is -0.544. The van der Waals surface area contributed by atoms with Crippen LogP contribution in [0.2, 0.25) is 0 Å². The Kier molecular flexibility index (Phi) is 5.88. The highest BCUT2D eigenvalue weighted by Gasteiger charge is 2.33. The SMILES string of the molecule is O=C(NCc1ccc(F)cc1)c1cnc(C2CCCN2C(=O)c2ccccc2)nc1O. The fourth-order valence-electron chi connectivity index (χ4n) is 3.61. The van der Waals surface area contributed by atoms with Crippen LogP contribution in [0.3, 0.4) is 0 Å². The first kappa shape index (κ1) is 20.5. The Labute approximate surface area is 178 Å². The molecule has 0 spiro atoms. The first-order valence-corrected chi connectivity index (χ1v) is 9.97. The normalized spacial score (nSPS) is 15.6. The van der Waals surface area contributed by atoms with Crippen molar-refractivity contribution in [1.82, 2.24) is 20.2 Å². The largest absolute Gasteiger partial charge is 0.493 e. The van der Waals surface area contributed by atoms with Crippen molar-refractivity contribution >= 4 is 11.8 Å². The predicted molar refractivity (Wildman–Crippen MR) is 111 cm³/mol. The van der Waals surface area contributed by atoms with Gasteiger partial charge in [0.1, 0.15) is 11.4 Å². The molecule has 0 aliphatic carbocycles. The van der Waals surface area contributed by atoms with Gasteiger partial charge in [-0.25, -0.2) is 9.37 Å². The number of hydrogen-bond donors (Lipinski definition) is 2. The third-order valence-corrected chi connectivity index (χ3v) is 5.23. The molecule has 2 amide bonds. The number of halogens is 1. The fraction of sp³-hybridized carbons (Fsp3) is 0.217. The Balaban J connectivity index is 1.46. The molecular formula is C23H21FN4O3. The second-order valence-electron chi connectivity index (χ2n) is 7.30. The molecule has 1 fully saturated rings. The summed E-state index contributed by atoms with van der Waals surface area (Å²) in [5, 5.41) is 13.0. The molecule has 1 aliphatic heterocycles. The second kappa shape index (κ2) is 8.91. The number of aromatic nitrogens is 2. The molecule has 1 aromatic heterocycles. The van der Waals surface area contributed by atoms with Crippen molar-refractivity contribution in [3.8, 4) is 5.88 Å². The van der Waals surface area contributed by atoms with Crippen LogP contribution in [0.15, 0.2) is 60.8 Å². The summed E-state index contributed by atoms with van der Waals surface area (Å²) < 4.78 is 13.0. The van der Waals surface area contributed by atoms with Crippen LogP contribution in [0.5, 0.6) is 5.88 Å². The molecule has 1 aliphatic rings. The number of aromatic hydroxyl groups is 1. The number of hydrogen-bond acceptors (Lipinski definition) is 5. The lowest BCUT2D eigenvalue weighted by molar-refractivity contribution is 0.0728. The van der Waals surface area contributed by atoms with E-state index in [-0.39, 0.29) is 29.9 Å². The minimum Gasteiger partial charge on any atom is -0.493 e. The molecular weight excluding hydrogens is 399 g/mol. The zero-order valence-corrected chi connectivity index (χ0v) is 16.7. The second-order valence-corrected chi connectivity index (χ2v) is 7.30. The van der Waals surface area contributed by atoms with Gasteiger partial charge in [-0.2, -0.15) is 4.98 Å². The zero-order valence-electron chi connectivity index (χ0n) is 16.7. The standard InChI is InChI=1S/C23H21FN4O3/c24-17-10-8-15(9-11-17)13-26-21(29)18-14-25-20(27-22(18)30)19-7-4-12-28(19)23(31)16-5-2-1-3-6-16/h1-3,5-6,8-11,14,19H,4,7,12-13H2,(H,26,29)(H,25,27,30). The molecule has 0 saturated carbocycles. The van der Waals surface area contributed by atoms with Crippen molar-refractivity contribution in [3.05, 3.63) is 89.1 Å². The average molecular weight is 420 g/mol. The smallest absolute Gasteiger partial charge is 0.258 e. The Morgan fingerprint density at radius 3 is 2.58 bits per heavy atom. The van der Waals surface area contributed by atoms with Gasteiger partial charge in [0.25, 0.3) is 11.8 Å². The van der Waals surface area contributed by atoms with Crippen LogP contribution < -0.4 is 5.32 Å². The Morgan fingerprint density at radius 2 is 1.87 bits per heavy atom. The molecule has 1 atom stereocenters. The number of benzene rings is 2. The van der Waals surface area contributed by atoms with Crippen LogP contribution in [-0.4, -0.2) is 38.3 Å². The molecule has 2 aromatic carbocycles. The molecule has 8 heteroatoms. The van der Waals surface area contributed by atoms with E-state index in [2.05, 4.69) is 15.3 Å². The van der Waals surface area contributed by atoms with Crippen LogP contribution in [0.4, 0.5) is 4.39 Å². The molecule has 0 radical (unpaired) electrons. The summed E-state index contributed by atoms with van der Waals surface area (Å²) in [6.45, 7) is 0.741. The molecule has 2 N–H and O–H groups in total. The van der Waals surface area contributed by atoms with Gasteiger partial charge in [0.15, 0.2) is 5.82 Å². The maximum Gasteiger partial charge on any atom is 0.258 e. The van der Waals surface area contributed by atoms with E-state index in [0.717, 1.165) is 6.42 Å². The molecule has 1 saturated heterocycles. The number of amides is 2. The number of rotatable bonds is 5. The van der Waals surface area contributed by atoms with Crippen molar-refractivity contribution in [2.45, 2.75) is 25.4 Å². The van der Waals surface area contributed by atoms with E-state index in [0.29, 0.717) is 29.9 Å². The van der Waals surface area contributed by atoms with Crippen molar-refractivity contribution in [3.63, 3.8) is 0 Å². The quantitative estimate of drug-likeness (QED) is 0.661. The van der Waals surface area contributed by atoms with E-state index in [1.165, 1.54) is 18.3 Å². The summed E-state index contributed by atoms with van der Waals surface area (Å²) in [5.74, 6) is -1.16. The molecule has 158 valence electrons. The number of likely N-dealkylation sites (tertiary alicyclic amines) is 1. The van der Waals surface area contributed by atoms with Crippen LogP contribution >= 0.6 is 0 Å². The summed E-state index contributed by atoms with van der Waals surface area (Å²) in [6, 6.07) is 14.3. The molecule has 0 bridgehead atoms. The monoisotopic (exact) mass is 420 g/mol. The first-order chi connectivity index (χ1) is 15.0. The molecule has 2 heterocycles.